The van der Waals surface area contributed by atoms with Crippen molar-refractivity contribution in [3.63, 3.8) is 0 Å². The normalized spacial score (nSPS) is 20.4. The number of benzene rings is 1. The van der Waals surface area contributed by atoms with Gasteiger partial charge in [-0.2, -0.15) is 0 Å². The van der Waals surface area contributed by atoms with E-state index < -0.39 is 0 Å². The van der Waals surface area contributed by atoms with Crippen molar-refractivity contribution in [1.29, 1.82) is 0 Å². The molecule has 2 atom stereocenters. The van der Waals surface area contributed by atoms with Gasteiger partial charge in [0.1, 0.15) is 0 Å². The van der Waals surface area contributed by atoms with Gasteiger partial charge in [-0.25, -0.2) is 0 Å². The van der Waals surface area contributed by atoms with E-state index in [2.05, 4.69) is 34.7 Å². The molecular formula is C16H21N3O. The van der Waals surface area contributed by atoms with Crippen LogP contribution >= 0.6 is 0 Å². The Morgan fingerprint density at radius 1 is 1.35 bits per heavy atom. The Morgan fingerprint density at radius 2 is 2.25 bits per heavy atom. The fourth-order valence-corrected chi connectivity index (χ4v) is 2.98. The van der Waals surface area contributed by atoms with Crippen molar-refractivity contribution in [2.75, 3.05) is 13.2 Å². The van der Waals surface area contributed by atoms with Crippen molar-refractivity contribution >= 4 is 10.9 Å². The van der Waals surface area contributed by atoms with Gasteiger partial charge in [-0.3, -0.25) is 16.3 Å². The van der Waals surface area contributed by atoms with Crippen LogP contribution in [0.1, 0.15) is 18.4 Å². The summed E-state index contributed by atoms with van der Waals surface area (Å²) in [4.78, 5) is 4.41. The molecule has 3 rings (SSSR count). The van der Waals surface area contributed by atoms with Crippen LogP contribution in [0.3, 0.4) is 0 Å². The molecule has 106 valence electrons. The van der Waals surface area contributed by atoms with E-state index in [1.165, 1.54) is 10.9 Å². The van der Waals surface area contributed by atoms with Crippen LogP contribution in [-0.2, 0) is 11.2 Å². The van der Waals surface area contributed by atoms with Crippen LogP contribution in [0.2, 0.25) is 0 Å². The van der Waals surface area contributed by atoms with Gasteiger partial charge >= 0.3 is 0 Å². The maximum Gasteiger partial charge on any atom is 0.0704 e. The van der Waals surface area contributed by atoms with Gasteiger partial charge < -0.3 is 4.74 Å². The summed E-state index contributed by atoms with van der Waals surface area (Å²) in [5, 5.41) is 1.22. The van der Waals surface area contributed by atoms with E-state index in [1.54, 1.807) is 0 Å². The molecular weight excluding hydrogens is 250 g/mol. The molecule has 0 amide bonds. The lowest BCUT2D eigenvalue weighted by atomic mass is 9.94. The lowest BCUT2D eigenvalue weighted by molar-refractivity contribution is 0.181. The molecule has 4 nitrogen and oxygen atoms in total. The number of nitrogens with two attached hydrogens (primary N) is 1. The molecule has 1 aliphatic heterocycles. The highest BCUT2D eigenvalue weighted by atomic mass is 16.5. The Morgan fingerprint density at radius 3 is 3.05 bits per heavy atom. The van der Waals surface area contributed by atoms with E-state index >= 15 is 0 Å². The number of hydrogen-bond donors (Lipinski definition) is 2. The minimum absolute atomic E-state index is 0.285. The van der Waals surface area contributed by atoms with Gasteiger partial charge in [0.2, 0.25) is 0 Å². The third-order valence-corrected chi connectivity index (χ3v) is 4.08. The number of fused-ring (bicyclic) bond motifs is 1. The lowest BCUT2D eigenvalue weighted by Gasteiger charge is -2.19. The molecule has 1 aliphatic rings. The van der Waals surface area contributed by atoms with E-state index in [-0.39, 0.29) is 6.04 Å². The number of pyridine rings is 1. The van der Waals surface area contributed by atoms with Gasteiger partial charge in [0, 0.05) is 30.8 Å². The van der Waals surface area contributed by atoms with Crippen molar-refractivity contribution in [3.8, 4) is 0 Å². The highest BCUT2D eigenvalue weighted by Crippen LogP contribution is 2.22. The third kappa shape index (κ3) is 2.98. The van der Waals surface area contributed by atoms with Gasteiger partial charge in [-0.05, 0) is 42.9 Å². The largest absolute Gasteiger partial charge is 0.381 e. The smallest absolute Gasteiger partial charge is 0.0704 e. The fourth-order valence-electron chi connectivity index (χ4n) is 2.98. The molecule has 0 saturated carbocycles. The molecule has 2 unspecified atom stereocenters. The highest BCUT2D eigenvalue weighted by Gasteiger charge is 2.20. The summed E-state index contributed by atoms with van der Waals surface area (Å²) in [6.07, 6.45) is 5.02. The summed E-state index contributed by atoms with van der Waals surface area (Å²) < 4.78 is 5.44. The summed E-state index contributed by atoms with van der Waals surface area (Å²) in [6.45, 7) is 1.76. The van der Waals surface area contributed by atoms with Crippen LogP contribution in [0.4, 0.5) is 0 Å². The number of para-hydroxylation sites is 1. The van der Waals surface area contributed by atoms with E-state index in [1.807, 2.05) is 12.3 Å². The monoisotopic (exact) mass is 271 g/mol. The Kier molecular flexibility index (Phi) is 4.25. The topological polar surface area (TPSA) is 60.2 Å². The maximum absolute atomic E-state index is 5.74. The van der Waals surface area contributed by atoms with E-state index in [0.717, 1.165) is 38.0 Å². The molecule has 1 saturated heterocycles. The van der Waals surface area contributed by atoms with Crippen LogP contribution in [0, 0.1) is 5.92 Å². The fraction of sp³-hybridized carbons (Fsp3) is 0.438. The predicted molar refractivity (Wildman–Crippen MR) is 80.1 cm³/mol. The van der Waals surface area contributed by atoms with Crippen molar-refractivity contribution in [1.82, 2.24) is 10.4 Å². The zero-order valence-electron chi connectivity index (χ0n) is 11.6. The highest BCUT2D eigenvalue weighted by molar-refractivity contribution is 5.81. The molecule has 20 heavy (non-hydrogen) atoms. The summed E-state index contributed by atoms with van der Waals surface area (Å²) in [5.41, 5.74) is 5.32. The number of hydrazine groups is 1. The second-order valence-corrected chi connectivity index (χ2v) is 5.52. The van der Waals surface area contributed by atoms with Gasteiger partial charge in [-0.1, -0.05) is 18.2 Å². The van der Waals surface area contributed by atoms with Crippen LogP contribution in [0.15, 0.2) is 36.5 Å². The molecule has 1 fully saturated rings. The van der Waals surface area contributed by atoms with Crippen LogP contribution in [0.5, 0.6) is 0 Å². The first-order chi connectivity index (χ1) is 9.86. The quantitative estimate of drug-likeness (QED) is 0.645. The number of rotatable bonds is 5. The number of nitrogens with zero attached hydrogens (tertiary/aromatic N) is 1. The summed E-state index contributed by atoms with van der Waals surface area (Å²) in [5.74, 6) is 6.37. The Balaban J connectivity index is 1.76. The number of hydrogen-bond acceptors (Lipinski definition) is 4. The third-order valence-electron chi connectivity index (χ3n) is 4.08. The van der Waals surface area contributed by atoms with Gasteiger partial charge in [-0.15, -0.1) is 0 Å². The van der Waals surface area contributed by atoms with Crippen molar-refractivity contribution < 1.29 is 4.74 Å². The summed E-state index contributed by atoms with van der Waals surface area (Å²) in [6, 6.07) is 10.6. The van der Waals surface area contributed by atoms with E-state index in [4.69, 9.17) is 10.6 Å². The van der Waals surface area contributed by atoms with Gasteiger partial charge in [0.15, 0.2) is 0 Å². The Bertz CT molecular complexity index is 561. The number of nitrogens with one attached hydrogen (secondary N) is 1. The van der Waals surface area contributed by atoms with E-state index in [9.17, 15) is 0 Å². The second kappa shape index (κ2) is 6.31. The van der Waals surface area contributed by atoms with E-state index in [0.29, 0.717) is 5.92 Å². The number of aromatic nitrogens is 1. The zero-order valence-corrected chi connectivity index (χ0v) is 11.6. The SMILES string of the molecule is NNC(Cc1ccnc2ccccc12)CC1CCOC1. The summed E-state index contributed by atoms with van der Waals surface area (Å²) >= 11 is 0. The maximum atomic E-state index is 5.74. The molecule has 3 N–H and O–H groups in total. The predicted octanol–water partition coefficient (Wildman–Crippen LogP) is 2.04. The standard InChI is InChI=1S/C16H21N3O/c17-19-14(9-12-6-8-20-11-12)10-13-5-7-18-16-4-2-1-3-15(13)16/h1-5,7,12,14,19H,6,8-11,17H2. The minimum atomic E-state index is 0.285. The van der Waals surface area contributed by atoms with Gasteiger partial charge in [0.05, 0.1) is 5.52 Å². The van der Waals surface area contributed by atoms with Gasteiger partial charge in [0.25, 0.3) is 0 Å². The lowest BCUT2D eigenvalue weighted by Crippen LogP contribution is -2.38. The molecule has 2 heterocycles. The minimum Gasteiger partial charge on any atom is -0.381 e. The van der Waals surface area contributed by atoms with Crippen molar-refractivity contribution in [2.45, 2.75) is 25.3 Å². The molecule has 0 radical (unpaired) electrons. The van der Waals surface area contributed by atoms with Crippen molar-refractivity contribution in [3.05, 3.63) is 42.1 Å². The molecule has 1 aromatic carbocycles. The first-order valence-electron chi connectivity index (χ1n) is 7.23. The molecule has 4 heteroatoms. The second-order valence-electron chi connectivity index (χ2n) is 5.52. The average Bonchev–Trinajstić information content (AvgIpc) is 3.00. The Hall–Kier alpha value is -1.49. The molecule has 1 aromatic heterocycles. The molecule has 2 aromatic rings. The molecule has 0 aliphatic carbocycles. The van der Waals surface area contributed by atoms with Crippen LogP contribution in [-0.4, -0.2) is 24.2 Å². The summed E-state index contributed by atoms with van der Waals surface area (Å²) in [7, 11) is 0. The van der Waals surface area contributed by atoms with Crippen LogP contribution in [0.25, 0.3) is 10.9 Å². The average molecular weight is 271 g/mol. The zero-order chi connectivity index (χ0) is 13.8. The Labute approximate surface area is 119 Å². The molecule has 0 spiro atoms. The first-order valence-corrected chi connectivity index (χ1v) is 7.23. The number of ether oxygens (including phenoxy) is 1. The molecule has 0 bridgehead atoms. The first kappa shape index (κ1) is 13.5. The van der Waals surface area contributed by atoms with Crippen LogP contribution < -0.4 is 11.3 Å². The van der Waals surface area contributed by atoms with Crippen molar-refractivity contribution in [2.24, 2.45) is 11.8 Å².